The van der Waals surface area contributed by atoms with Gasteiger partial charge >= 0.3 is 0 Å². The molecule has 1 aliphatic rings. The first-order valence-electron chi connectivity index (χ1n) is 9.58. The van der Waals surface area contributed by atoms with Gasteiger partial charge in [-0.1, -0.05) is 23.4 Å². The van der Waals surface area contributed by atoms with Gasteiger partial charge in [-0.2, -0.15) is 4.98 Å². The monoisotopic (exact) mass is 409 g/mol. The first kappa shape index (κ1) is 19.8. The summed E-state index contributed by atoms with van der Waals surface area (Å²) in [7, 11) is 4.76. The van der Waals surface area contributed by atoms with Crippen molar-refractivity contribution < 1.29 is 23.5 Å². The summed E-state index contributed by atoms with van der Waals surface area (Å²) in [4.78, 5) is 18.9. The van der Waals surface area contributed by atoms with E-state index in [-0.39, 0.29) is 11.8 Å². The fourth-order valence-electron chi connectivity index (χ4n) is 3.46. The van der Waals surface area contributed by atoms with Crippen molar-refractivity contribution in [1.82, 2.24) is 15.0 Å². The average molecular weight is 409 g/mol. The van der Waals surface area contributed by atoms with Gasteiger partial charge in [0.15, 0.2) is 11.5 Å². The van der Waals surface area contributed by atoms with Crippen molar-refractivity contribution in [2.75, 3.05) is 34.4 Å². The Balaban J connectivity index is 1.37. The lowest BCUT2D eigenvalue weighted by atomic mass is 9.98. The van der Waals surface area contributed by atoms with Crippen LogP contribution in [-0.2, 0) is 11.2 Å². The largest absolute Gasteiger partial charge is 0.496 e. The molecule has 0 atom stereocenters. The van der Waals surface area contributed by atoms with E-state index in [1.807, 2.05) is 36.4 Å². The van der Waals surface area contributed by atoms with E-state index in [4.69, 9.17) is 18.7 Å². The van der Waals surface area contributed by atoms with Gasteiger partial charge in [0.1, 0.15) is 5.75 Å². The molecule has 2 heterocycles. The molecule has 0 bridgehead atoms. The van der Waals surface area contributed by atoms with Crippen LogP contribution in [0.4, 0.5) is 0 Å². The molecule has 8 nitrogen and oxygen atoms in total. The average Bonchev–Trinajstić information content (AvgIpc) is 3.22. The van der Waals surface area contributed by atoms with Crippen LogP contribution in [0.3, 0.4) is 0 Å². The topological polar surface area (TPSA) is 86.9 Å². The summed E-state index contributed by atoms with van der Waals surface area (Å²) in [5, 5.41) is 4.08. The highest BCUT2D eigenvalue weighted by molar-refractivity contribution is 5.80. The van der Waals surface area contributed by atoms with E-state index < -0.39 is 0 Å². The van der Waals surface area contributed by atoms with Crippen LogP contribution in [0.15, 0.2) is 47.0 Å². The van der Waals surface area contributed by atoms with E-state index >= 15 is 0 Å². The molecule has 3 aromatic rings. The highest BCUT2D eigenvalue weighted by Gasteiger charge is 2.35. The van der Waals surface area contributed by atoms with E-state index in [0.29, 0.717) is 48.5 Å². The zero-order chi connectivity index (χ0) is 21.1. The van der Waals surface area contributed by atoms with E-state index in [0.717, 1.165) is 11.1 Å². The van der Waals surface area contributed by atoms with Crippen LogP contribution in [-0.4, -0.2) is 55.4 Å². The Kier molecular flexibility index (Phi) is 5.56. The number of methoxy groups -OCH3 is 3. The van der Waals surface area contributed by atoms with Gasteiger partial charge in [-0.25, -0.2) is 0 Å². The number of para-hydroxylation sites is 1. The van der Waals surface area contributed by atoms with Crippen molar-refractivity contribution in [3.05, 3.63) is 53.9 Å². The van der Waals surface area contributed by atoms with Gasteiger partial charge in [-0.3, -0.25) is 4.79 Å². The van der Waals surface area contributed by atoms with Crippen LogP contribution in [0.2, 0.25) is 0 Å². The number of carbonyl (C=O) groups excluding carboxylic acids is 1. The minimum Gasteiger partial charge on any atom is -0.496 e. The molecular weight excluding hydrogens is 386 g/mol. The minimum atomic E-state index is 0.0373. The molecular formula is C22H23N3O5. The van der Waals surface area contributed by atoms with Crippen molar-refractivity contribution in [2.24, 2.45) is 0 Å². The summed E-state index contributed by atoms with van der Waals surface area (Å²) in [5.41, 5.74) is 1.65. The number of rotatable bonds is 7. The van der Waals surface area contributed by atoms with E-state index in [9.17, 15) is 4.79 Å². The molecule has 0 N–H and O–H groups in total. The van der Waals surface area contributed by atoms with E-state index in [2.05, 4.69) is 10.1 Å². The maximum Gasteiger partial charge on any atom is 0.233 e. The molecule has 2 aromatic carbocycles. The molecule has 156 valence electrons. The van der Waals surface area contributed by atoms with Crippen LogP contribution in [0, 0.1) is 0 Å². The van der Waals surface area contributed by atoms with Crippen LogP contribution < -0.4 is 14.2 Å². The Morgan fingerprint density at radius 1 is 1.03 bits per heavy atom. The maximum absolute atomic E-state index is 12.6. The number of hydrogen-bond donors (Lipinski definition) is 0. The molecule has 0 unspecified atom stereocenters. The zero-order valence-electron chi connectivity index (χ0n) is 17.1. The Hall–Kier alpha value is -3.55. The third-order valence-corrected chi connectivity index (χ3v) is 5.18. The van der Waals surface area contributed by atoms with Crippen LogP contribution in [0.1, 0.15) is 17.4 Å². The molecule has 4 rings (SSSR count). The molecule has 1 aliphatic heterocycles. The van der Waals surface area contributed by atoms with Crippen molar-refractivity contribution in [3.63, 3.8) is 0 Å². The van der Waals surface area contributed by atoms with Crippen molar-refractivity contribution in [1.29, 1.82) is 0 Å². The lowest BCUT2D eigenvalue weighted by Crippen LogP contribution is -2.49. The highest BCUT2D eigenvalue weighted by atomic mass is 16.5. The third kappa shape index (κ3) is 3.80. The summed E-state index contributed by atoms with van der Waals surface area (Å²) in [6.45, 7) is 1.11. The summed E-state index contributed by atoms with van der Waals surface area (Å²) in [6, 6.07) is 13.0. The summed E-state index contributed by atoms with van der Waals surface area (Å²) in [5.74, 6) is 3.03. The van der Waals surface area contributed by atoms with Gasteiger partial charge in [0.25, 0.3) is 0 Å². The molecule has 0 radical (unpaired) electrons. The molecule has 8 heteroatoms. The first-order valence-corrected chi connectivity index (χ1v) is 9.58. The number of carbonyl (C=O) groups is 1. The smallest absolute Gasteiger partial charge is 0.233 e. The number of amides is 1. The van der Waals surface area contributed by atoms with Gasteiger partial charge in [-0.15, -0.1) is 0 Å². The summed E-state index contributed by atoms with van der Waals surface area (Å²) < 4.78 is 21.3. The Morgan fingerprint density at radius 3 is 2.50 bits per heavy atom. The molecule has 0 aliphatic carbocycles. The van der Waals surface area contributed by atoms with Crippen molar-refractivity contribution in [2.45, 2.75) is 12.3 Å². The normalized spacial score (nSPS) is 13.6. The summed E-state index contributed by atoms with van der Waals surface area (Å²) in [6.07, 6.45) is 0.295. The van der Waals surface area contributed by atoms with Gasteiger partial charge in [0, 0.05) is 13.1 Å². The fourth-order valence-corrected chi connectivity index (χ4v) is 3.46. The van der Waals surface area contributed by atoms with Gasteiger partial charge in [0.05, 0.1) is 39.2 Å². The Bertz CT molecular complexity index is 1040. The second-order valence-corrected chi connectivity index (χ2v) is 7.02. The quantitative estimate of drug-likeness (QED) is 0.593. The SMILES string of the molecule is COc1ccc(CC(=O)N2CC(c3nc(-c4ccccc4OC)no3)C2)cc1OC. The molecule has 0 saturated carbocycles. The maximum atomic E-state index is 12.6. The Labute approximate surface area is 174 Å². The number of benzene rings is 2. The van der Waals surface area contributed by atoms with E-state index in [1.54, 1.807) is 32.3 Å². The second-order valence-electron chi connectivity index (χ2n) is 7.02. The van der Waals surface area contributed by atoms with Crippen molar-refractivity contribution >= 4 is 5.91 Å². The molecule has 30 heavy (non-hydrogen) atoms. The lowest BCUT2D eigenvalue weighted by Gasteiger charge is -2.37. The zero-order valence-corrected chi connectivity index (χ0v) is 17.1. The van der Waals surface area contributed by atoms with Gasteiger partial charge in [-0.05, 0) is 29.8 Å². The molecule has 1 aromatic heterocycles. The Morgan fingerprint density at radius 2 is 1.77 bits per heavy atom. The van der Waals surface area contributed by atoms with Crippen LogP contribution in [0.25, 0.3) is 11.4 Å². The third-order valence-electron chi connectivity index (χ3n) is 5.18. The predicted octanol–water partition coefficient (Wildman–Crippen LogP) is 2.93. The fraction of sp³-hybridized carbons (Fsp3) is 0.318. The number of aromatic nitrogens is 2. The first-order chi connectivity index (χ1) is 14.6. The standard InChI is InChI=1S/C22H23N3O5/c1-27-17-7-5-4-6-16(17)21-23-22(30-24-21)15-12-25(13-15)20(26)11-14-8-9-18(28-2)19(10-14)29-3/h4-10,15H,11-13H2,1-3H3. The van der Waals surface area contributed by atoms with Gasteiger partial charge in [0.2, 0.25) is 17.6 Å². The van der Waals surface area contributed by atoms with E-state index in [1.165, 1.54) is 0 Å². The van der Waals surface area contributed by atoms with Crippen molar-refractivity contribution in [3.8, 4) is 28.6 Å². The molecule has 1 saturated heterocycles. The number of hydrogen-bond acceptors (Lipinski definition) is 7. The summed E-state index contributed by atoms with van der Waals surface area (Å²) >= 11 is 0. The predicted molar refractivity (Wildman–Crippen MR) is 109 cm³/mol. The lowest BCUT2D eigenvalue weighted by molar-refractivity contribution is -0.135. The van der Waals surface area contributed by atoms with Crippen LogP contribution in [0.5, 0.6) is 17.2 Å². The van der Waals surface area contributed by atoms with Gasteiger partial charge < -0.3 is 23.6 Å². The molecule has 1 amide bonds. The number of likely N-dealkylation sites (tertiary alicyclic amines) is 1. The minimum absolute atomic E-state index is 0.0373. The van der Waals surface area contributed by atoms with Crippen LogP contribution >= 0.6 is 0 Å². The highest BCUT2D eigenvalue weighted by Crippen LogP contribution is 2.32. The number of ether oxygens (including phenoxy) is 3. The second kappa shape index (κ2) is 8.44. The molecule has 1 fully saturated rings. The number of nitrogens with zero attached hydrogens (tertiary/aromatic N) is 3. The molecule has 0 spiro atoms.